The number of carbonyl (C=O) groups is 1. The van der Waals surface area contributed by atoms with Gasteiger partial charge in [-0.15, -0.1) is 0 Å². The van der Waals surface area contributed by atoms with Crippen LogP contribution in [-0.4, -0.2) is 16.0 Å². The predicted octanol–water partition coefficient (Wildman–Crippen LogP) is 3.37. The van der Waals surface area contributed by atoms with Crippen LogP contribution in [0.3, 0.4) is 0 Å². The van der Waals surface area contributed by atoms with Gasteiger partial charge in [0.05, 0.1) is 17.1 Å². The van der Waals surface area contributed by atoms with E-state index in [-0.39, 0.29) is 11.9 Å². The molecule has 0 saturated heterocycles. The van der Waals surface area contributed by atoms with Crippen LogP contribution >= 0.6 is 11.3 Å². The Morgan fingerprint density at radius 3 is 2.83 bits per heavy atom. The Hall–Kier alpha value is -2.87. The number of thiazole rings is 1. The molecule has 0 fully saturated rings. The van der Waals surface area contributed by atoms with E-state index in [9.17, 15) is 4.79 Å². The maximum atomic E-state index is 11.1. The fourth-order valence-electron chi connectivity index (χ4n) is 2.05. The molecule has 1 atom stereocenters. The van der Waals surface area contributed by atoms with Crippen LogP contribution in [0, 0.1) is 0 Å². The van der Waals surface area contributed by atoms with E-state index in [1.807, 2.05) is 6.92 Å². The predicted molar refractivity (Wildman–Crippen MR) is 90.8 cm³/mol. The van der Waals surface area contributed by atoms with Gasteiger partial charge in [0, 0.05) is 18.7 Å². The van der Waals surface area contributed by atoms with E-state index in [0.29, 0.717) is 28.1 Å². The van der Waals surface area contributed by atoms with Crippen molar-refractivity contribution in [1.82, 2.24) is 15.5 Å². The summed E-state index contributed by atoms with van der Waals surface area (Å²) in [7, 11) is 0. The lowest BCUT2D eigenvalue weighted by atomic mass is 10.2. The number of hydrogen-bond acceptors (Lipinski definition) is 7. The second kappa shape index (κ2) is 6.71. The number of amides is 1. The summed E-state index contributed by atoms with van der Waals surface area (Å²) in [6.07, 6.45) is 1.67. The number of nitrogens with one attached hydrogen (secondary N) is 1. The largest absolute Gasteiger partial charge is 0.431 e. The molecule has 3 N–H and O–H groups in total. The SMILES string of the molecule is CC(=O)NC(C)c1cc(-c2cnc(Oc3ccc(N)cc3)s2)no1. The molecule has 0 spiro atoms. The van der Waals surface area contributed by atoms with Crippen molar-refractivity contribution in [2.45, 2.75) is 19.9 Å². The third-order valence-corrected chi connectivity index (χ3v) is 4.09. The van der Waals surface area contributed by atoms with Gasteiger partial charge >= 0.3 is 0 Å². The molecule has 2 heterocycles. The minimum Gasteiger partial charge on any atom is -0.431 e. The summed E-state index contributed by atoms with van der Waals surface area (Å²) >= 11 is 1.35. The van der Waals surface area contributed by atoms with Gasteiger partial charge in [-0.1, -0.05) is 16.5 Å². The van der Waals surface area contributed by atoms with Crippen LogP contribution in [0.5, 0.6) is 10.9 Å². The monoisotopic (exact) mass is 344 g/mol. The topological polar surface area (TPSA) is 103 Å². The number of ether oxygens (including phenoxy) is 1. The fraction of sp³-hybridized carbons (Fsp3) is 0.188. The second-order valence-electron chi connectivity index (χ2n) is 5.20. The normalized spacial score (nSPS) is 11.9. The number of aromatic nitrogens is 2. The highest BCUT2D eigenvalue weighted by atomic mass is 32.1. The molecule has 2 aromatic heterocycles. The Morgan fingerprint density at radius 2 is 2.12 bits per heavy atom. The first-order valence-corrected chi connectivity index (χ1v) is 8.06. The van der Waals surface area contributed by atoms with Crippen LogP contribution in [0.15, 0.2) is 41.1 Å². The number of anilines is 1. The van der Waals surface area contributed by atoms with E-state index in [2.05, 4.69) is 15.5 Å². The molecule has 0 aliphatic carbocycles. The van der Waals surface area contributed by atoms with Crippen molar-refractivity contribution in [3.8, 4) is 21.5 Å². The van der Waals surface area contributed by atoms with Crippen LogP contribution in [0.4, 0.5) is 5.69 Å². The lowest BCUT2D eigenvalue weighted by molar-refractivity contribution is -0.119. The van der Waals surface area contributed by atoms with Crippen molar-refractivity contribution in [1.29, 1.82) is 0 Å². The molecule has 1 unspecified atom stereocenters. The zero-order valence-electron chi connectivity index (χ0n) is 13.1. The highest BCUT2D eigenvalue weighted by molar-refractivity contribution is 7.16. The van der Waals surface area contributed by atoms with Crippen molar-refractivity contribution in [3.05, 3.63) is 42.3 Å². The summed E-state index contributed by atoms with van der Waals surface area (Å²) < 4.78 is 11.0. The highest BCUT2D eigenvalue weighted by Crippen LogP contribution is 2.33. The van der Waals surface area contributed by atoms with Gasteiger partial charge in [0.15, 0.2) is 5.76 Å². The summed E-state index contributed by atoms with van der Waals surface area (Å²) in [5.41, 5.74) is 6.96. The van der Waals surface area contributed by atoms with Gasteiger partial charge in [0.25, 0.3) is 5.19 Å². The number of hydrogen-bond donors (Lipinski definition) is 2. The van der Waals surface area contributed by atoms with Gasteiger partial charge < -0.3 is 20.3 Å². The molecular weight excluding hydrogens is 328 g/mol. The average Bonchev–Trinajstić information content (AvgIpc) is 3.18. The zero-order chi connectivity index (χ0) is 17.1. The Balaban J connectivity index is 1.72. The lowest BCUT2D eigenvalue weighted by Gasteiger charge is -2.06. The molecule has 0 aliphatic rings. The summed E-state index contributed by atoms with van der Waals surface area (Å²) in [4.78, 5) is 16.1. The molecule has 0 aliphatic heterocycles. The molecule has 7 nitrogen and oxygen atoms in total. The van der Waals surface area contributed by atoms with Crippen LogP contribution < -0.4 is 15.8 Å². The van der Waals surface area contributed by atoms with Crippen LogP contribution in [0.2, 0.25) is 0 Å². The molecule has 3 rings (SSSR count). The minimum atomic E-state index is -0.248. The van der Waals surface area contributed by atoms with Crippen LogP contribution in [-0.2, 0) is 4.79 Å². The number of rotatable bonds is 5. The Kier molecular flexibility index (Phi) is 4.48. The van der Waals surface area contributed by atoms with E-state index in [1.54, 1.807) is 36.5 Å². The molecule has 0 saturated carbocycles. The minimum absolute atomic E-state index is 0.127. The zero-order valence-corrected chi connectivity index (χ0v) is 14.0. The molecule has 0 radical (unpaired) electrons. The molecule has 124 valence electrons. The second-order valence-corrected chi connectivity index (χ2v) is 6.19. The van der Waals surface area contributed by atoms with E-state index in [1.165, 1.54) is 18.3 Å². The van der Waals surface area contributed by atoms with Gasteiger partial charge in [-0.25, -0.2) is 4.98 Å². The number of benzene rings is 1. The number of carbonyl (C=O) groups excluding carboxylic acids is 1. The van der Waals surface area contributed by atoms with E-state index < -0.39 is 0 Å². The van der Waals surface area contributed by atoms with E-state index >= 15 is 0 Å². The Labute approximate surface area is 142 Å². The molecule has 0 bridgehead atoms. The summed E-state index contributed by atoms with van der Waals surface area (Å²) in [5, 5.41) is 7.26. The molecule has 24 heavy (non-hydrogen) atoms. The Morgan fingerprint density at radius 1 is 1.38 bits per heavy atom. The van der Waals surface area contributed by atoms with Gasteiger partial charge in [-0.05, 0) is 31.2 Å². The number of nitrogen functional groups attached to an aromatic ring is 1. The summed E-state index contributed by atoms with van der Waals surface area (Å²) in [5.74, 6) is 1.11. The van der Waals surface area contributed by atoms with Gasteiger partial charge in [-0.3, -0.25) is 4.79 Å². The third-order valence-electron chi connectivity index (χ3n) is 3.20. The smallest absolute Gasteiger partial charge is 0.279 e. The van der Waals surface area contributed by atoms with Crippen molar-refractivity contribution in [2.24, 2.45) is 0 Å². The maximum Gasteiger partial charge on any atom is 0.279 e. The van der Waals surface area contributed by atoms with Crippen molar-refractivity contribution in [3.63, 3.8) is 0 Å². The maximum absolute atomic E-state index is 11.1. The van der Waals surface area contributed by atoms with Crippen LogP contribution in [0.1, 0.15) is 25.6 Å². The van der Waals surface area contributed by atoms with Gasteiger partial charge in [0.1, 0.15) is 11.4 Å². The lowest BCUT2D eigenvalue weighted by Crippen LogP contribution is -2.23. The Bertz CT molecular complexity index is 841. The first-order valence-electron chi connectivity index (χ1n) is 7.24. The van der Waals surface area contributed by atoms with Gasteiger partial charge in [-0.2, -0.15) is 0 Å². The van der Waals surface area contributed by atoms with E-state index in [4.69, 9.17) is 15.0 Å². The first-order chi connectivity index (χ1) is 11.5. The average molecular weight is 344 g/mol. The third kappa shape index (κ3) is 3.72. The van der Waals surface area contributed by atoms with Crippen LogP contribution in [0.25, 0.3) is 10.6 Å². The summed E-state index contributed by atoms with van der Waals surface area (Å²) in [6.45, 7) is 3.28. The van der Waals surface area contributed by atoms with Gasteiger partial charge in [0.2, 0.25) is 5.91 Å². The molecule has 8 heteroatoms. The molecular formula is C16H16N4O3S. The van der Waals surface area contributed by atoms with Crippen molar-refractivity contribution < 1.29 is 14.1 Å². The molecule has 1 amide bonds. The summed E-state index contributed by atoms with van der Waals surface area (Å²) in [6, 6.07) is 8.61. The standard InChI is InChI=1S/C16H16N4O3S/c1-9(19-10(2)21)14-7-13(20-23-14)15-8-18-16(24-15)22-12-5-3-11(17)4-6-12/h3-9H,17H2,1-2H3,(H,19,21). The number of nitrogens with two attached hydrogens (primary N) is 1. The molecule has 3 aromatic rings. The first kappa shape index (κ1) is 16.0. The van der Waals surface area contributed by atoms with Crippen molar-refractivity contribution in [2.75, 3.05) is 5.73 Å². The van der Waals surface area contributed by atoms with E-state index in [0.717, 1.165) is 4.88 Å². The quantitative estimate of drug-likeness (QED) is 0.688. The molecule has 1 aromatic carbocycles. The number of nitrogens with zero attached hydrogens (tertiary/aromatic N) is 2. The van der Waals surface area contributed by atoms with Crippen molar-refractivity contribution >= 4 is 22.9 Å². The highest BCUT2D eigenvalue weighted by Gasteiger charge is 2.16. The fourth-order valence-corrected chi connectivity index (χ4v) is 2.78.